The molecule has 10 heteroatoms. The zero-order valence-electron chi connectivity index (χ0n) is 18.8. The third-order valence-electron chi connectivity index (χ3n) is 4.88. The Kier molecular flexibility index (Phi) is 6.90. The lowest BCUT2D eigenvalue weighted by Crippen LogP contribution is -2.36. The van der Waals surface area contributed by atoms with Gasteiger partial charge < -0.3 is 15.1 Å². The number of hydrogen-bond donors (Lipinski definition) is 2. The second kappa shape index (κ2) is 9.46. The van der Waals surface area contributed by atoms with Gasteiger partial charge in [-0.05, 0) is 58.4 Å². The summed E-state index contributed by atoms with van der Waals surface area (Å²) in [4.78, 5) is 8.61. The summed E-state index contributed by atoms with van der Waals surface area (Å²) < 4.78 is 48.4. The fourth-order valence-corrected chi connectivity index (χ4v) is 3.27. The molecule has 0 aliphatic heterocycles. The number of aryl methyl sites for hydroxylation is 4. The monoisotopic (exact) mass is 448 g/mol. The summed E-state index contributed by atoms with van der Waals surface area (Å²) in [7, 11) is 0. The van der Waals surface area contributed by atoms with E-state index in [1.54, 1.807) is 19.9 Å². The first-order valence-electron chi connectivity index (χ1n) is 10.3. The van der Waals surface area contributed by atoms with Crippen molar-refractivity contribution >= 4 is 5.96 Å². The largest absolute Gasteiger partial charge is 0.444 e. The minimum atomic E-state index is -4.52. The Morgan fingerprint density at radius 2 is 1.88 bits per heavy atom. The fourth-order valence-electron chi connectivity index (χ4n) is 3.27. The average molecular weight is 448 g/mol. The van der Waals surface area contributed by atoms with E-state index in [4.69, 9.17) is 4.42 Å². The molecule has 0 fully saturated rings. The van der Waals surface area contributed by atoms with Crippen LogP contribution in [-0.2, 0) is 19.3 Å². The summed E-state index contributed by atoms with van der Waals surface area (Å²) in [5.41, 5.74) is 1.99. The van der Waals surface area contributed by atoms with E-state index in [-0.39, 0.29) is 18.7 Å². The quantitative estimate of drug-likeness (QED) is 0.433. The maximum Gasteiger partial charge on any atom is 0.416 e. The van der Waals surface area contributed by atoms with E-state index >= 15 is 0 Å². The highest BCUT2D eigenvalue weighted by Gasteiger charge is 2.33. The number of halogens is 3. The number of alkyl halides is 3. The van der Waals surface area contributed by atoms with Gasteiger partial charge in [-0.3, -0.25) is 0 Å². The van der Waals surface area contributed by atoms with E-state index in [0.717, 1.165) is 28.9 Å². The molecule has 0 aliphatic carbocycles. The van der Waals surface area contributed by atoms with E-state index in [1.165, 1.54) is 10.7 Å². The van der Waals surface area contributed by atoms with Crippen LogP contribution in [0.5, 0.6) is 0 Å². The molecular formula is C22H27F3N6O. The molecule has 2 heterocycles. The highest BCUT2D eigenvalue weighted by molar-refractivity contribution is 5.79. The minimum absolute atomic E-state index is 0.0720. The van der Waals surface area contributed by atoms with Crippen LogP contribution in [0.25, 0.3) is 5.69 Å². The number of hydrogen-bond acceptors (Lipinski definition) is 4. The number of nitrogens with one attached hydrogen (secondary N) is 2. The molecule has 172 valence electrons. The Bertz CT molecular complexity index is 1090. The van der Waals surface area contributed by atoms with Crippen LogP contribution in [0.4, 0.5) is 13.2 Å². The lowest BCUT2D eigenvalue weighted by atomic mass is 10.1. The van der Waals surface area contributed by atoms with Crippen LogP contribution in [0.15, 0.2) is 33.7 Å². The first-order valence-corrected chi connectivity index (χ1v) is 10.3. The summed E-state index contributed by atoms with van der Waals surface area (Å²) >= 11 is 0. The van der Waals surface area contributed by atoms with E-state index in [9.17, 15) is 13.2 Å². The van der Waals surface area contributed by atoms with Crippen LogP contribution in [0, 0.1) is 27.7 Å². The van der Waals surface area contributed by atoms with Gasteiger partial charge in [-0.1, -0.05) is 6.07 Å². The molecule has 3 rings (SSSR count). The molecule has 0 atom stereocenters. The number of nitrogens with zero attached hydrogens (tertiary/aromatic N) is 4. The van der Waals surface area contributed by atoms with Crippen molar-refractivity contribution in [3.8, 4) is 5.69 Å². The van der Waals surface area contributed by atoms with Crippen molar-refractivity contribution in [2.45, 2.75) is 53.9 Å². The summed E-state index contributed by atoms with van der Waals surface area (Å²) in [6, 6.07) is 6.00. The Labute approximate surface area is 184 Å². The molecule has 0 spiro atoms. The van der Waals surface area contributed by atoms with Crippen molar-refractivity contribution < 1.29 is 17.6 Å². The van der Waals surface area contributed by atoms with Crippen LogP contribution in [-0.4, -0.2) is 27.3 Å². The van der Waals surface area contributed by atoms with Crippen LogP contribution in [0.3, 0.4) is 0 Å². The van der Waals surface area contributed by atoms with Crippen molar-refractivity contribution in [2.75, 3.05) is 6.54 Å². The molecule has 3 aromatic rings. The Morgan fingerprint density at radius 1 is 1.12 bits per heavy atom. The van der Waals surface area contributed by atoms with E-state index in [0.29, 0.717) is 24.1 Å². The smallest absolute Gasteiger partial charge is 0.416 e. The van der Waals surface area contributed by atoms with Crippen LogP contribution in [0.1, 0.15) is 46.8 Å². The van der Waals surface area contributed by atoms with E-state index in [2.05, 4.69) is 25.7 Å². The van der Waals surface area contributed by atoms with Crippen molar-refractivity contribution in [3.05, 3.63) is 64.1 Å². The van der Waals surface area contributed by atoms with Crippen LogP contribution < -0.4 is 10.6 Å². The molecule has 1 aromatic carbocycles. The number of guanidine groups is 1. The third-order valence-corrected chi connectivity index (χ3v) is 4.88. The molecule has 0 saturated heterocycles. The number of aliphatic imine (C=N–C) groups is 1. The molecule has 0 unspecified atom stereocenters. The fraction of sp³-hybridized carbons (Fsp3) is 0.409. The molecule has 7 nitrogen and oxygen atoms in total. The molecule has 0 bridgehead atoms. The lowest BCUT2D eigenvalue weighted by Gasteiger charge is -2.15. The maximum atomic E-state index is 13.8. The molecule has 0 radical (unpaired) electrons. The molecular weight excluding hydrogens is 421 g/mol. The van der Waals surface area contributed by atoms with Gasteiger partial charge in [0, 0.05) is 12.2 Å². The molecule has 0 aliphatic rings. The van der Waals surface area contributed by atoms with Crippen molar-refractivity contribution in [2.24, 2.45) is 4.99 Å². The minimum Gasteiger partial charge on any atom is -0.444 e. The Hall–Kier alpha value is -3.30. The normalized spacial score (nSPS) is 12.3. The van der Waals surface area contributed by atoms with E-state index < -0.39 is 11.7 Å². The maximum absolute atomic E-state index is 13.8. The van der Waals surface area contributed by atoms with Gasteiger partial charge >= 0.3 is 6.18 Å². The summed E-state index contributed by atoms with van der Waals surface area (Å²) in [6.45, 7) is 9.81. The predicted octanol–water partition coefficient (Wildman–Crippen LogP) is 4.37. The highest BCUT2D eigenvalue weighted by atomic mass is 19.4. The predicted molar refractivity (Wildman–Crippen MR) is 116 cm³/mol. The Balaban J connectivity index is 1.84. The van der Waals surface area contributed by atoms with Crippen LogP contribution in [0.2, 0.25) is 0 Å². The summed E-state index contributed by atoms with van der Waals surface area (Å²) in [5.74, 6) is 1.58. The van der Waals surface area contributed by atoms with Crippen LogP contribution >= 0.6 is 0 Å². The molecule has 0 saturated carbocycles. The first kappa shape index (κ1) is 23.4. The first-order chi connectivity index (χ1) is 15.1. The molecule has 32 heavy (non-hydrogen) atoms. The average Bonchev–Trinajstić information content (AvgIpc) is 3.23. The van der Waals surface area contributed by atoms with Gasteiger partial charge in [0.25, 0.3) is 0 Å². The lowest BCUT2D eigenvalue weighted by molar-refractivity contribution is -0.138. The third kappa shape index (κ3) is 5.49. The van der Waals surface area contributed by atoms with Gasteiger partial charge in [0.1, 0.15) is 5.76 Å². The zero-order chi connectivity index (χ0) is 23.5. The number of rotatable bonds is 6. The van der Waals surface area contributed by atoms with Gasteiger partial charge in [0.2, 0.25) is 5.89 Å². The van der Waals surface area contributed by atoms with Gasteiger partial charge in [-0.25, -0.2) is 14.7 Å². The molecule has 2 aromatic heterocycles. The van der Waals surface area contributed by atoms with Gasteiger partial charge in [0.15, 0.2) is 5.96 Å². The second-order valence-corrected chi connectivity index (χ2v) is 7.48. The van der Waals surface area contributed by atoms with Gasteiger partial charge in [-0.15, -0.1) is 0 Å². The van der Waals surface area contributed by atoms with Gasteiger partial charge in [0.05, 0.1) is 35.7 Å². The van der Waals surface area contributed by atoms with Crippen molar-refractivity contribution in [1.29, 1.82) is 0 Å². The number of oxazole rings is 1. The summed E-state index contributed by atoms with van der Waals surface area (Å²) in [5, 5.41) is 10.3. The number of benzene rings is 1. The Morgan fingerprint density at radius 3 is 2.44 bits per heavy atom. The van der Waals surface area contributed by atoms with Gasteiger partial charge in [-0.2, -0.15) is 18.3 Å². The summed E-state index contributed by atoms with van der Waals surface area (Å²) in [6.07, 6.45) is -4.52. The SMILES string of the molecule is CCNC(=NCc1ccc(-n2nc(C)cc2C)cc1C(F)(F)F)NCc1nc(C)c(C)o1. The zero-order valence-corrected chi connectivity index (χ0v) is 18.8. The van der Waals surface area contributed by atoms with E-state index in [1.807, 2.05) is 26.8 Å². The highest BCUT2D eigenvalue weighted by Crippen LogP contribution is 2.34. The van der Waals surface area contributed by atoms with Crippen molar-refractivity contribution in [1.82, 2.24) is 25.4 Å². The molecule has 0 amide bonds. The second-order valence-electron chi connectivity index (χ2n) is 7.48. The topological polar surface area (TPSA) is 80.3 Å². The standard InChI is InChI=1S/C22H27F3N6O/c1-6-26-21(28-12-20-29-15(4)16(5)32-20)27-11-17-7-8-18(10-19(17)22(23,24)25)31-14(3)9-13(2)30-31/h7-10H,6,11-12H2,1-5H3,(H2,26,27,28). The van der Waals surface area contributed by atoms with Crippen molar-refractivity contribution in [3.63, 3.8) is 0 Å². The number of aromatic nitrogens is 3. The molecule has 2 N–H and O–H groups in total.